The highest BCUT2D eigenvalue weighted by Gasteiger charge is 2.09. The molecule has 6 heteroatoms. The van der Waals surface area contributed by atoms with Gasteiger partial charge in [-0.2, -0.15) is 4.39 Å². The molecule has 3 aromatic rings. The Morgan fingerprint density at radius 3 is 2.54 bits per heavy atom. The number of pyridine rings is 1. The number of amides is 1. The van der Waals surface area contributed by atoms with Gasteiger partial charge in [0.25, 0.3) is 0 Å². The van der Waals surface area contributed by atoms with Crippen molar-refractivity contribution < 1.29 is 18.0 Å². The number of benzene rings is 2. The lowest BCUT2D eigenvalue weighted by atomic mass is 10.0. The van der Waals surface area contributed by atoms with Crippen molar-refractivity contribution in [2.24, 2.45) is 0 Å². The fourth-order valence-electron chi connectivity index (χ4n) is 2.67. The molecule has 2 aromatic carbocycles. The van der Waals surface area contributed by atoms with Crippen LogP contribution in [0, 0.1) is 17.6 Å². The average molecular weight is 382 g/mol. The summed E-state index contributed by atoms with van der Waals surface area (Å²) in [5, 5.41) is 2.81. The highest BCUT2D eigenvalue weighted by Crippen LogP contribution is 2.23. The highest BCUT2D eigenvalue weighted by atomic mass is 19.2. The molecular formula is C22H17F3N2O. The third-order valence-electron chi connectivity index (χ3n) is 4.18. The number of carbonyl (C=O) groups is 1. The molecule has 0 bridgehead atoms. The van der Waals surface area contributed by atoms with Crippen molar-refractivity contribution in [1.82, 2.24) is 10.3 Å². The molecule has 142 valence electrons. The standard InChI is InChI=1S/C22H17F3N2O/c1-14(27-22(28)10-6-15-5-8-19(23)20(24)11-15)16-3-2-4-17(12-16)18-7-9-21(25)26-13-18/h2-14H,1H3,(H,27,28). The van der Waals surface area contributed by atoms with E-state index in [9.17, 15) is 18.0 Å². The maximum atomic E-state index is 13.2. The molecule has 1 atom stereocenters. The van der Waals surface area contributed by atoms with Crippen LogP contribution >= 0.6 is 0 Å². The Hall–Kier alpha value is -3.41. The largest absolute Gasteiger partial charge is 0.346 e. The van der Waals surface area contributed by atoms with E-state index in [4.69, 9.17) is 0 Å². The number of nitrogens with one attached hydrogen (secondary N) is 1. The van der Waals surface area contributed by atoms with Gasteiger partial charge < -0.3 is 5.32 Å². The first kappa shape index (κ1) is 19.4. The molecule has 0 fully saturated rings. The summed E-state index contributed by atoms with van der Waals surface area (Å²) in [6.07, 6.45) is 4.12. The number of rotatable bonds is 5. The summed E-state index contributed by atoms with van der Waals surface area (Å²) < 4.78 is 39.1. The van der Waals surface area contributed by atoms with Gasteiger partial charge in [-0.15, -0.1) is 0 Å². The molecule has 1 heterocycles. The predicted octanol–water partition coefficient (Wildman–Crippen LogP) is 5.06. The molecular weight excluding hydrogens is 365 g/mol. The Bertz CT molecular complexity index is 1020. The minimum absolute atomic E-state index is 0.296. The smallest absolute Gasteiger partial charge is 0.244 e. The number of aromatic nitrogens is 1. The van der Waals surface area contributed by atoms with Gasteiger partial charge in [-0.05, 0) is 60.0 Å². The summed E-state index contributed by atoms with van der Waals surface area (Å²) in [5.74, 6) is -2.83. The van der Waals surface area contributed by atoms with Crippen LogP contribution in [0.3, 0.4) is 0 Å². The zero-order valence-electron chi connectivity index (χ0n) is 15.0. The van der Waals surface area contributed by atoms with Crippen molar-refractivity contribution in [1.29, 1.82) is 0 Å². The molecule has 0 aliphatic heterocycles. The van der Waals surface area contributed by atoms with Crippen LogP contribution in [0.1, 0.15) is 24.1 Å². The lowest BCUT2D eigenvalue weighted by Gasteiger charge is -2.14. The summed E-state index contributed by atoms with van der Waals surface area (Å²) in [4.78, 5) is 15.8. The maximum absolute atomic E-state index is 13.2. The van der Waals surface area contributed by atoms with Gasteiger partial charge in [0.15, 0.2) is 11.6 Å². The van der Waals surface area contributed by atoms with E-state index in [1.165, 1.54) is 30.5 Å². The molecule has 1 N–H and O–H groups in total. The van der Waals surface area contributed by atoms with Crippen molar-refractivity contribution in [3.63, 3.8) is 0 Å². The van der Waals surface area contributed by atoms with Crippen molar-refractivity contribution in [3.8, 4) is 11.1 Å². The van der Waals surface area contributed by atoms with E-state index in [-0.39, 0.29) is 11.9 Å². The van der Waals surface area contributed by atoms with E-state index in [0.29, 0.717) is 5.56 Å². The minimum atomic E-state index is -0.969. The summed E-state index contributed by atoms with van der Waals surface area (Å²) >= 11 is 0. The van der Waals surface area contributed by atoms with Crippen molar-refractivity contribution in [3.05, 3.63) is 95.6 Å². The minimum Gasteiger partial charge on any atom is -0.346 e. The highest BCUT2D eigenvalue weighted by molar-refractivity contribution is 5.92. The van der Waals surface area contributed by atoms with Gasteiger partial charge in [0.2, 0.25) is 11.9 Å². The van der Waals surface area contributed by atoms with Gasteiger partial charge in [-0.25, -0.2) is 13.8 Å². The number of carbonyl (C=O) groups excluding carboxylic acids is 1. The number of hydrogen-bond donors (Lipinski definition) is 1. The third-order valence-corrected chi connectivity index (χ3v) is 4.18. The van der Waals surface area contributed by atoms with Gasteiger partial charge in [-0.3, -0.25) is 4.79 Å². The zero-order chi connectivity index (χ0) is 20.1. The van der Waals surface area contributed by atoms with E-state index in [0.717, 1.165) is 28.8 Å². The summed E-state index contributed by atoms with van der Waals surface area (Å²) in [6, 6.07) is 13.5. The molecule has 0 aliphatic carbocycles. The molecule has 0 aliphatic rings. The molecule has 1 amide bonds. The van der Waals surface area contributed by atoms with Crippen LogP contribution < -0.4 is 5.32 Å². The van der Waals surface area contributed by atoms with Crippen molar-refractivity contribution in [2.45, 2.75) is 13.0 Å². The molecule has 3 nitrogen and oxygen atoms in total. The first-order valence-corrected chi connectivity index (χ1v) is 8.58. The molecule has 1 unspecified atom stereocenters. The lowest BCUT2D eigenvalue weighted by Crippen LogP contribution is -2.24. The van der Waals surface area contributed by atoms with E-state index in [1.807, 2.05) is 31.2 Å². The summed E-state index contributed by atoms with van der Waals surface area (Å²) in [6.45, 7) is 1.82. The number of hydrogen-bond acceptors (Lipinski definition) is 2. The van der Waals surface area contributed by atoms with Gasteiger partial charge in [0, 0.05) is 17.8 Å². The SMILES string of the molecule is CC(NC(=O)C=Cc1ccc(F)c(F)c1)c1cccc(-c2ccc(F)nc2)c1. The van der Waals surface area contributed by atoms with Crippen LogP contribution in [-0.2, 0) is 4.79 Å². The van der Waals surface area contributed by atoms with Crippen LogP contribution in [0.2, 0.25) is 0 Å². The summed E-state index contributed by atoms with van der Waals surface area (Å²) in [7, 11) is 0. The number of nitrogens with zero attached hydrogens (tertiary/aromatic N) is 1. The van der Waals surface area contributed by atoms with E-state index in [2.05, 4.69) is 10.3 Å². The second-order valence-electron chi connectivity index (χ2n) is 6.23. The Kier molecular flexibility index (Phi) is 5.89. The van der Waals surface area contributed by atoms with E-state index >= 15 is 0 Å². The van der Waals surface area contributed by atoms with Crippen LogP contribution in [0.15, 0.2) is 66.9 Å². The van der Waals surface area contributed by atoms with Gasteiger partial charge in [-0.1, -0.05) is 24.3 Å². The Morgan fingerprint density at radius 2 is 1.82 bits per heavy atom. The maximum Gasteiger partial charge on any atom is 0.244 e. The number of halogens is 3. The first-order valence-electron chi connectivity index (χ1n) is 8.58. The van der Waals surface area contributed by atoms with Gasteiger partial charge >= 0.3 is 0 Å². The second-order valence-corrected chi connectivity index (χ2v) is 6.23. The van der Waals surface area contributed by atoms with Crippen LogP contribution in [0.4, 0.5) is 13.2 Å². The zero-order valence-corrected chi connectivity index (χ0v) is 15.0. The molecule has 1 aromatic heterocycles. The molecule has 0 spiro atoms. The van der Waals surface area contributed by atoms with E-state index < -0.39 is 17.6 Å². The fourth-order valence-corrected chi connectivity index (χ4v) is 2.67. The third kappa shape index (κ3) is 4.85. The summed E-state index contributed by atoms with van der Waals surface area (Å²) in [5.41, 5.74) is 2.85. The van der Waals surface area contributed by atoms with Crippen LogP contribution in [0.25, 0.3) is 17.2 Å². The fraction of sp³-hybridized carbons (Fsp3) is 0.0909. The van der Waals surface area contributed by atoms with Gasteiger partial charge in [0.05, 0.1) is 6.04 Å². The van der Waals surface area contributed by atoms with Crippen molar-refractivity contribution in [2.75, 3.05) is 0 Å². The van der Waals surface area contributed by atoms with Gasteiger partial charge in [0.1, 0.15) is 0 Å². The topological polar surface area (TPSA) is 42.0 Å². The molecule has 3 rings (SSSR count). The Morgan fingerprint density at radius 1 is 1.00 bits per heavy atom. The van der Waals surface area contributed by atoms with Crippen LogP contribution in [0.5, 0.6) is 0 Å². The lowest BCUT2D eigenvalue weighted by molar-refractivity contribution is -0.117. The quantitative estimate of drug-likeness (QED) is 0.495. The second kappa shape index (κ2) is 8.52. The first-order chi connectivity index (χ1) is 13.4. The monoisotopic (exact) mass is 382 g/mol. The molecule has 0 saturated carbocycles. The Balaban J connectivity index is 1.68. The molecule has 28 heavy (non-hydrogen) atoms. The van der Waals surface area contributed by atoms with Crippen LogP contribution in [-0.4, -0.2) is 10.9 Å². The normalized spacial score (nSPS) is 12.1. The Labute approximate surface area is 160 Å². The predicted molar refractivity (Wildman–Crippen MR) is 102 cm³/mol. The molecule has 0 saturated heterocycles. The average Bonchev–Trinajstić information content (AvgIpc) is 2.69. The van der Waals surface area contributed by atoms with Crippen molar-refractivity contribution >= 4 is 12.0 Å². The van der Waals surface area contributed by atoms with E-state index in [1.54, 1.807) is 6.07 Å². The molecule has 0 radical (unpaired) electrons.